The molecule has 1 aliphatic heterocycles. The Balaban J connectivity index is 3.10. The summed E-state index contributed by atoms with van der Waals surface area (Å²) < 4.78 is 4.20. The second-order valence-corrected chi connectivity index (χ2v) is 2.91. The molecule has 0 aromatic carbocycles. The SMILES string of the molecule is O=C1O[C@H]([C@@](O)(CO)C(=O)O)C(O)=C1O. The van der Waals surface area contributed by atoms with Crippen LogP contribution < -0.4 is 0 Å². The minimum Gasteiger partial charge on any atom is -0.505 e. The van der Waals surface area contributed by atoms with Gasteiger partial charge in [0.15, 0.2) is 5.76 Å². The summed E-state index contributed by atoms with van der Waals surface area (Å²) in [4.78, 5) is 21.3. The van der Waals surface area contributed by atoms with E-state index in [9.17, 15) is 14.7 Å². The highest BCUT2D eigenvalue weighted by molar-refractivity contribution is 5.91. The number of esters is 1. The molecule has 0 saturated carbocycles. The van der Waals surface area contributed by atoms with Gasteiger partial charge in [0.05, 0.1) is 6.61 Å². The van der Waals surface area contributed by atoms with Gasteiger partial charge in [-0.05, 0) is 0 Å². The van der Waals surface area contributed by atoms with E-state index in [4.69, 9.17) is 20.4 Å². The molecule has 0 aromatic heterocycles. The molecule has 2 atom stereocenters. The highest BCUT2D eigenvalue weighted by Gasteiger charge is 2.54. The molecule has 1 heterocycles. The molecule has 84 valence electrons. The Morgan fingerprint density at radius 3 is 2.27 bits per heavy atom. The van der Waals surface area contributed by atoms with Crippen molar-refractivity contribution in [3.63, 3.8) is 0 Å². The summed E-state index contributed by atoms with van der Waals surface area (Å²) in [7, 11) is 0. The number of rotatable bonds is 3. The van der Waals surface area contributed by atoms with Crippen molar-refractivity contribution < 1.29 is 39.9 Å². The Bertz CT molecular complexity index is 345. The molecule has 0 unspecified atom stereocenters. The van der Waals surface area contributed by atoms with Gasteiger partial charge >= 0.3 is 11.9 Å². The summed E-state index contributed by atoms with van der Waals surface area (Å²) in [6.45, 7) is -1.29. The summed E-state index contributed by atoms with van der Waals surface area (Å²) in [6, 6.07) is 0. The number of aliphatic hydroxyl groups excluding tert-OH is 3. The van der Waals surface area contributed by atoms with Crippen LogP contribution in [0.1, 0.15) is 0 Å². The summed E-state index contributed by atoms with van der Waals surface area (Å²) in [6.07, 6.45) is -2.02. The topological polar surface area (TPSA) is 145 Å². The van der Waals surface area contributed by atoms with Crippen molar-refractivity contribution in [2.75, 3.05) is 6.61 Å². The van der Waals surface area contributed by atoms with Gasteiger partial charge in [0.1, 0.15) is 0 Å². The first kappa shape index (κ1) is 11.3. The first-order valence-electron chi connectivity index (χ1n) is 3.74. The summed E-state index contributed by atoms with van der Waals surface area (Å²) >= 11 is 0. The van der Waals surface area contributed by atoms with E-state index >= 15 is 0 Å². The lowest BCUT2D eigenvalue weighted by atomic mass is 9.96. The molecule has 0 radical (unpaired) electrons. The van der Waals surface area contributed by atoms with Crippen LogP contribution in [0.2, 0.25) is 0 Å². The van der Waals surface area contributed by atoms with Crippen molar-refractivity contribution in [2.45, 2.75) is 11.7 Å². The number of carboxylic acid groups (broad SMARTS) is 1. The van der Waals surface area contributed by atoms with Gasteiger partial charge in [-0.1, -0.05) is 0 Å². The quantitative estimate of drug-likeness (QED) is 0.345. The lowest BCUT2D eigenvalue weighted by Gasteiger charge is -2.25. The van der Waals surface area contributed by atoms with Crippen LogP contribution in [0.25, 0.3) is 0 Å². The van der Waals surface area contributed by atoms with Crippen molar-refractivity contribution in [1.29, 1.82) is 0 Å². The average Bonchev–Trinajstić information content (AvgIpc) is 2.45. The Kier molecular flexibility index (Phi) is 2.56. The molecule has 1 rings (SSSR count). The lowest BCUT2D eigenvalue weighted by molar-refractivity contribution is -0.183. The highest BCUT2D eigenvalue weighted by atomic mass is 16.6. The third-order valence-electron chi connectivity index (χ3n) is 1.95. The first-order valence-corrected chi connectivity index (χ1v) is 3.74. The number of ether oxygens (including phenoxy) is 1. The van der Waals surface area contributed by atoms with Gasteiger partial charge < -0.3 is 30.3 Å². The van der Waals surface area contributed by atoms with Crippen LogP contribution in [0.4, 0.5) is 0 Å². The van der Waals surface area contributed by atoms with Gasteiger partial charge in [0.2, 0.25) is 17.5 Å². The molecular weight excluding hydrogens is 212 g/mol. The van der Waals surface area contributed by atoms with Crippen molar-refractivity contribution in [3.05, 3.63) is 11.5 Å². The van der Waals surface area contributed by atoms with E-state index < -0.39 is 41.8 Å². The van der Waals surface area contributed by atoms with Crippen LogP contribution in [-0.2, 0) is 14.3 Å². The zero-order chi connectivity index (χ0) is 11.8. The van der Waals surface area contributed by atoms with Gasteiger partial charge in [-0.3, -0.25) is 0 Å². The van der Waals surface area contributed by atoms with E-state index in [1.165, 1.54) is 0 Å². The van der Waals surface area contributed by atoms with Gasteiger partial charge in [-0.15, -0.1) is 0 Å². The Labute approximate surface area is 82.6 Å². The first-order chi connectivity index (χ1) is 6.84. The van der Waals surface area contributed by atoms with Crippen LogP contribution in [0.15, 0.2) is 11.5 Å². The van der Waals surface area contributed by atoms with Crippen molar-refractivity contribution in [1.82, 2.24) is 0 Å². The fourth-order valence-corrected chi connectivity index (χ4v) is 1.03. The maximum Gasteiger partial charge on any atom is 0.378 e. The Hall–Kier alpha value is -1.80. The number of aliphatic carboxylic acids is 1. The molecular formula is C7H8O8. The monoisotopic (exact) mass is 220 g/mol. The molecule has 0 aromatic rings. The van der Waals surface area contributed by atoms with Gasteiger partial charge in [0.25, 0.3) is 0 Å². The van der Waals surface area contributed by atoms with Gasteiger partial charge in [-0.2, -0.15) is 0 Å². The van der Waals surface area contributed by atoms with Crippen molar-refractivity contribution >= 4 is 11.9 Å². The second-order valence-electron chi connectivity index (χ2n) is 2.91. The predicted molar refractivity (Wildman–Crippen MR) is 41.8 cm³/mol. The number of carbonyl (C=O) groups excluding carboxylic acids is 1. The van der Waals surface area contributed by atoms with E-state index in [-0.39, 0.29) is 0 Å². The van der Waals surface area contributed by atoms with E-state index in [0.717, 1.165) is 0 Å². The number of carboxylic acids is 1. The molecule has 1 aliphatic rings. The molecule has 8 heteroatoms. The third kappa shape index (κ3) is 1.49. The lowest BCUT2D eigenvalue weighted by Crippen LogP contribution is -2.53. The largest absolute Gasteiger partial charge is 0.505 e. The minimum absolute atomic E-state index is 1.13. The summed E-state index contributed by atoms with van der Waals surface area (Å²) in [5.41, 5.74) is -2.88. The molecule has 0 fully saturated rings. The van der Waals surface area contributed by atoms with Crippen LogP contribution in [0.3, 0.4) is 0 Å². The summed E-state index contributed by atoms with van der Waals surface area (Å²) in [5.74, 6) is -5.58. The zero-order valence-corrected chi connectivity index (χ0v) is 7.25. The molecule has 15 heavy (non-hydrogen) atoms. The maximum atomic E-state index is 10.7. The molecule has 8 nitrogen and oxygen atoms in total. The highest BCUT2D eigenvalue weighted by Crippen LogP contribution is 2.27. The number of hydrogen-bond acceptors (Lipinski definition) is 7. The average molecular weight is 220 g/mol. The molecule has 0 spiro atoms. The van der Waals surface area contributed by atoms with E-state index in [1.54, 1.807) is 0 Å². The van der Waals surface area contributed by atoms with Crippen LogP contribution in [0.5, 0.6) is 0 Å². The summed E-state index contributed by atoms with van der Waals surface area (Å²) in [5, 5.41) is 44.5. The Morgan fingerprint density at radius 1 is 1.47 bits per heavy atom. The maximum absolute atomic E-state index is 10.7. The molecule has 5 N–H and O–H groups in total. The second kappa shape index (κ2) is 3.41. The molecule has 0 bridgehead atoms. The zero-order valence-electron chi connectivity index (χ0n) is 7.25. The molecule has 0 aliphatic carbocycles. The Morgan fingerprint density at radius 2 is 2.00 bits per heavy atom. The predicted octanol–water partition coefficient (Wildman–Crippen LogP) is -1.95. The molecule has 0 amide bonds. The number of carbonyl (C=O) groups is 2. The molecule has 0 saturated heterocycles. The fourth-order valence-electron chi connectivity index (χ4n) is 1.03. The van der Waals surface area contributed by atoms with E-state index in [0.29, 0.717) is 0 Å². The van der Waals surface area contributed by atoms with Crippen LogP contribution in [-0.4, -0.2) is 55.8 Å². The van der Waals surface area contributed by atoms with Crippen molar-refractivity contribution in [3.8, 4) is 0 Å². The van der Waals surface area contributed by atoms with E-state index in [2.05, 4.69) is 4.74 Å². The smallest absolute Gasteiger partial charge is 0.378 e. The van der Waals surface area contributed by atoms with Gasteiger partial charge in [-0.25, -0.2) is 9.59 Å². The van der Waals surface area contributed by atoms with Gasteiger partial charge in [0, 0.05) is 0 Å². The minimum atomic E-state index is -2.88. The van der Waals surface area contributed by atoms with Crippen LogP contribution in [0, 0.1) is 0 Å². The van der Waals surface area contributed by atoms with E-state index in [1.807, 2.05) is 0 Å². The standard InChI is InChI=1S/C7H8O8/c8-1-7(14,6(12)13)4-2(9)3(10)5(11)15-4/h4,8-10,14H,1H2,(H,12,13)/t4-,7-/m0/s1. The fraction of sp³-hybridized carbons (Fsp3) is 0.429. The van der Waals surface area contributed by atoms with Crippen molar-refractivity contribution in [2.24, 2.45) is 0 Å². The van der Waals surface area contributed by atoms with Crippen LogP contribution >= 0.6 is 0 Å². The number of hydrogen-bond donors (Lipinski definition) is 5. The number of aliphatic hydroxyl groups is 4. The third-order valence-corrected chi connectivity index (χ3v) is 1.95. The number of cyclic esters (lactones) is 1. The normalized spacial score (nSPS) is 24.9.